The van der Waals surface area contributed by atoms with E-state index in [4.69, 9.17) is 10.5 Å². The summed E-state index contributed by atoms with van der Waals surface area (Å²) in [5.41, 5.74) is 7.49. The molecule has 1 aromatic rings. The predicted molar refractivity (Wildman–Crippen MR) is 70.0 cm³/mol. The van der Waals surface area contributed by atoms with E-state index in [0.717, 1.165) is 5.75 Å². The van der Waals surface area contributed by atoms with Crippen LogP contribution in [-0.2, 0) is 0 Å². The third-order valence-corrected chi connectivity index (χ3v) is 4.40. The van der Waals surface area contributed by atoms with Gasteiger partial charge in [-0.2, -0.15) is 11.8 Å². The Morgan fingerprint density at radius 2 is 2.44 bits per heavy atom. The van der Waals surface area contributed by atoms with Crippen molar-refractivity contribution < 1.29 is 4.74 Å². The molecule has 2 N–H and O–H groups in total. The topological polar surface area (TPSA) is 35.2 Å². The Kier molecular flexibility index (Phi) is 4.13. The first-order valence-corrected chi connectivity index (χ1v) is 6.96. The maximum Gasteiger partial charge on any atom is 0.119 e. The fourth-order valence-corrected chi connectivity index (χ4v) is 3.41. The lowest BCUT2D eigenvalue weighted by atomic mass is 10.0. The largest absolute Gasteiger partial charge is 0.494 e. The van der Waals surface area contributed by atoms with Gasteiger partial charge >= 0.3 is 0 Å². The second kappa shape index (κ2) is 5.60. The van der Waals surface area contributed by atoms with Crippen LogP contribution in [0.15, 0.2) is 24.3 Å². The van der Waals surface area contributed by atoms with Gasteiger partial charge in [-0.05, 0) is 43.2 Å². The van der Waals surface area contributed by atoms with Crippen molar-refractivity contribution in [3.63, 3.8) is 0 Å². The van der Waals surface area contributed by atoms with Gasteiger partial charge in [0.05, 0.1) is 6.61 Å². The second-order valence-corrected chi connectivity index (χ2v) is 5.43. The minimum atomic E-state index is 0.146. The predicted octanol–water partition coefficient (Wildman–Crippen LogP) is 2.98. The first-order valence-electron chi connectivity index (χ1n) is 5.91. The molecule has 1 aliphatic rings. The molecule has 0 bridgehead atoms. The first kappa shape index (κ1) is 11.8. The Bertz CT molecular complexity index is 336. The molecule has 2 nitrogen and oxygen atoms in total. The fourth-order valence-electron chi connectivity index (χ4n) is 2.08. The lowest BCUT2D eigenvalue weighted by molar-refractivity contribution is 0.339. The molecule has 0 radical (unpaired) electrons. The SMILES string of the molecule is CCOc1cccc(C(N)C2CCCS2)c1. The Hall–Kier alpha value is -0.670. The van der Waals surface area contributed by atoms with Gasteiger partial charge in [-0.25, -0.2) is 0 Å². The van der Waals surface area contributed by atoms with Crippen LogP contribution < -0.4 is 10.5 Å². The van der Waals surface area contributed by atoms with Crippen LogP contribution in [0, 0.1) is 0 Å². The van der Waals surface area contributed by atoms with Crippen LogP contribution in [0.1, 0.15) is 31.4 Å². The molecular formula is C13H19NOS. The molecule has 1 saturated heterocycles. The van der Waals surface area contributed by atoms with E-state index in [0.29, 0.717) is 11.9 Å². The molecule has 0 aliphatic carbocycles. The van der Waals surface area contributed by atoms with Crippen molar-refractivity contribution in [1.29, 1.82) is 0 Å². The Morgan fingerprint density at radius 1 is 1.56 bits per heavy atom. The van der Waals surface area contributed by atoms with E-state index >= 15 is 0 Å². The number of hydrogen-bond donors (Lipinski definition) is 1. The average Bonchev–Trinajstić information content (AvgIpc) is 2.82. The van der Waals surface area contributed by atoms with Crippen LogP contribution in [0.5, 0.6) is 5.75 Å². The zero-order valence-corrected chi connectivity index (χ0v) is 10.5. The number of rotatable bonds is 4. The second-order valence-electron chi connectivity index (χ2n) is 4.08. The van der Waals surface area contributed by atoms with E-state index in [1.54, 1.807) is 0 Å². The van der Waals surface area contributed by atoms with Crippen LogP contribution in [0.25, 0.3) is 0 Å². The Morgan fingerprint density at radius 3 is 3.12 bits per heavy atom. The molecule has 1 heterocycles. The maximum absolute atomic E-state index is 6.29. The number of hydrogen-bond acceptors (Lipinski definition) is 3. The van der Waals surface area contributed by atoms with E-state index in [9.17, 15) is 0 Å². The molecule has 1 fully saturated rings. The van der Waals surface area contributed by atoms with Crippen LogP contribution in [0.4, 0.5) is 0 Å². The minimum Gasteiger partial charge on any atom is -0.494 e. The fraction of sp³-hybridized carbons (Fsp3) is 0.538. The molecule has 2 atom stereocenters. The minimum absolute atomic E-state index is 0.146. The van der Waals surface area contributed by atoms with E-state index in [1.807, 2.05) is 30.8 Å². The third-order valence-electron chi connectivity index (χ3n) is 2.92. The smallest absolute Gasteiger partial charge is 0.119 e. The van der Waals surface area contributed by atoms with Gasteiger partial charge in [0.25, 0.3) is 0 Å². The molecule has 3 heteroatoms. The zero-order valence-electron chi connectivity index (χ0n) is 9.69. The van der Waals surface area contributed by atoms with Crippen molar-refractivity contribution in [3.05, 3.63) is 29.8 Å². The van der Waals surface area contributed by atoms with Gasteiger partial charge in [0.1, 0.15) is 5.75 Å². The van der Waals surface area contributed by atoms with Gasteiger partial charge in [0.2, 0.25) is 0 Å². The summed E-state index contributed by atoms with van der Waals surface area (Å²) in [5.74, 6) is 2.18. The van der Waals surface area contributed by atoms with Gasteiger partial charge < -0.3 is 10.5 Å². The van der Waals surface area contributed by atoms with Crippen LogP contribution >= 0.6 is 11.8 Å². The Labute approximate surface area is 102 Å². The monoisotopic (exact) mass is 237 g/mol. The van der Waals surface area contributed by atoms with Crippen molar-refractivity contribution in [3.8, 4) is 5.75 Å². The zero-order chi connectivity index (χ0) is 11.4. The number of benzene rings is 1. The molecule has 2 unspecified atom stereocenters. The summed E-state index contributed by atoms with van der Waals surface area (Å²) in [6, 6.07) is 8.34. The molecular weight excluding hydrogens is 218 g/mol. The van der Waals surface area contributed by atoms with Crippen LogP contribution in [-0.4, -0.2) is 17.6 Å². The van der Waals surface area contributed by atoms with Gasteiger partial charge in [-0.15, -0.1) is 0 Å². The van der Waals surface area contributed by atoms with E-state index in [2.05, 4.69) is 12.1 Å². The highest BCUT2D eigenvalue weighted by Crippen LogP contribution is 2.35. The molecule has 0 aromatic heterocycles. The number of ether oxygens (including phenoxy) is 1. The summed E-state index contributed by atoms with van der Waals surface area (Å²) >= 11 is 2.00. The van der Waals surface area contributed by atoms with Crippen LogP contribution in [0.3, 0.4) is 0 Å². The van der Waals surface area contributed by atoms with E-state index in [-0.39, 0.29) is 6.04 Å². The summed E-state index contributed by atoms with van der Waals surface area (Å²) in [4.78, 5) is 0. The summed E-state index contributed by atoms with van der Waals surface area (Å²) in [6.07, 6.45) is 2.54. The van der Waals surface area contributed by atoms with Crippen molar-refractivity contribution in [1.82, 2.24) is 0 Å². The lowest BCUT2D eigenvalue weighted by Gasteiger charge is -2.19. The Balaban J connectivity index is 2.09. The first-order chi connectivity index (χ1) is 7.81. The van der Waals surface area contributed by atoms with Crippen molar-refractivity contribution in [2.75, 3.05) is 12.4 Å². The summed E-state index contributed by atoms with van der Waals surface area (Å²) in [6.45, 7) is 2.70. The molecule has 1 aromatic carbocycles. The summed E-state index contributed by atoms with van der Waals surface area (Å²) in [5, 5.41) is 0.580. The third kappa shape index (κ3) is 2.71. The molecule has 0 saturated carbocycles. The quantitative estimate of drug-likeness (QED) is 0.874. The maximum atomic E-state index is 6.29. The lowest BCUT2D eigenvalue weighted by Crippen LogP contribution is -2.21. The van der Waals surface area contributed by atoms with Crippen molar-refractivity contribution in [2.24, 2.45) is 5.73 Å². The van der Waals surface area contributed by atoms with Gasteiger partial charge in [0, 0.05) is 11.3 Å². The molecule has 88 valence electrons. The molecule has 0 amide bonds. The molecule has 1 aliphatic heterocycles. The number of thioether (sulfide) groups is 1. The van der Waals surface area contributed by atoms with Crippen LogP contribution in [0.2, 0.25) is 0 Å². The highest BCUT2D eigenvalue weighted by molar-refractivity contribution is 8.00. The normalized spacial score (nSPS) is 22.0. The highest BCUT2D eigenvalue weighted by Gasteiger charge is 2.23. The van der Waals surface area contributed by atoms with Crippen molar-refractivity contribution in [2.45, 2.75) is 31.1 Å². The summed E-state index contributed by atoms with van der Waals surface area (Å²) < 4.78 is 5.50. The average molecular weight is 237 g/mol. The molecule has 2 rings (SSSR count). The number of nitrogens with two attached hydrogens (primary N) is 1. The van der Waals surface area contributed by atoms with Gasteiger partial charge in [-0.1, -0.05) is 12.1 Å². The standard InChI is InChI=1S/C13H19NOS/c1-2-15-11-6-3-5-10(9-11)13(14)12-7-4-8-16-12/h3,5-6,9,12-13H,2,4,7-8,14H2,1H3. The van der Waals surface area contributed by atoms with Crippen molar-refractivity contribution >= 4 is 11.8 Å². The van der Waals surface area contributed by atoms with E-state index in [1.165, 1.54) is 24.2 Å². The summed E-state index contributed by atoms with van der Waals surface area (Å²) in [7, 11) is 0. The van der Waals surface area contributed by atoms with Gasteiger partial charge in [-0.3, -0.25) is 0 Å². The van der Waals surface area contributed by atoms with E-state index < -0.39 is 0 Å². The highest BCUT2D eigenvalue weighted by atomic mass is 32.2. The molecule has 16 heavy (non-hydrogen) atoms. The molecule has 0 spiro atoms. The van der Waals surface area contributed by atoms with Gasteiger partial charge in [0.15, 0.2) is 0 Å².